The minimum atomic E-state index is -4.39. The van der Waals surface area contributed by atoms with E-state index in [-0.39, 0.29) is 11.8 Å². The first-order valence-corrected chi connectivity index (χ1v) is 10.00. The summed E-state index contributed by atoms with van der Waals surface area (Å²) in [6.07, 6.45) is -2.28. The van der Waals surface area contributed by atoms with E-state index in [0.29, 0.717) is 44.9 Å². The van der Waals surface area contributed by atoms with Gasteiger partial charge in [0.15, 0.2) is 0 Å². The molecule has 0 bridgehead atoms. The molecule has 5 nitrogen and oxygen atoms in total. The first-order valence-electron chi connectivity index (χ1n) is 10.00. The molecule has 1 fully saturated rings. The van der Waals surface area contributed by atoms with Crippen molar-refractivity contribution in [3.05, 3.63) is 53.2 Å². The Morgan fingerprint density at radius 3 is 2.53 bits per heavy atom. The van der Waals surface area contributed by atoms with E-state index >= 15 is 0 Å². The quantitative estimate of drug-likeness (QED) is 0.713. The molecule has 1 aromatic carbocycles. The lowest BCUT2D eigenvalue weighted by molar-refractivity contribution is -0.137. The number of piperidine rings is 1. The minimum Gasteiger partial charge on any atom is -0.491 e. The Balaban J connectivity index is 1.40. The van der Waals surface area contributed by atoms with Gasteiger partial charge in [0, 0.05) is 25.2 Å². The van der Waals surface area contributed by atoms with Gasteiger partial charge in [-0.15, -0.1) is 0 Å². The standard InChI is InChI=1S/C22H26F3N3O2/c1-15-3-5-19(16(2)13-15)30-12-9-26-21(29)17-7-10-28(11-8-17)20-6-4-18(14-27-20)22(23,24)25/h3-6,13-14,17H,7-12H2,1-2H3,(H,26,29). The number of halogens is 3. The maximum atomic E-state index is 12.7. The molecule has 8 heteroatoms. The van der Waals surface area contributed by atoms with E-state index in [4.69, 9.17) is 4.74 Å². The summed E-state index contributed by atoms with van der Waals surface area (Å²) in [6.45, 7) is 5.98. The number of carbonyl (C=O) groups is 1. The SMILES string of the molecule is Cc1ccc(OCCNC(=O)C2CCN(c3ccc(C(F)(F)F)cn3)CC2)c(C)c1. The highest BCUT2D eigenvalue weighted by Crippen LogP contribution is 2.30. The third-order valence-corrected chi connectivity index (χ3v) is 5.25. The Morgan fingerprint density at radius 1 is 1.20 bits per heavy atom. The third kappa shape index (κ3) is 5.64. The molecule has 2 heterocycles. The fraction of sp³-hybridized carbons (Fsp3) is 0.455. The summed E-state index contributed by atoms with van der Waals surface area (Å²) in [4.78, 5) is 18.2. The second-order valence-electron chi connectivity index (χ2n) is 7.57. The van der Waals surface area contributed by atoms with Gasteiger partial charge in [0.25, 0.3) is 0 Å². The first kappa shape index (κ1) is 21.9. The lowest BCUT2D eigenvalue weighted by atomic mass is 9.96. The monoisotopic (exact) mass is 421 g/mol. The summed E-state index contributed by atoms with van der Waals surface area (Å²) in [5.41, 5.74) is 1.47. The average Bonchev–Trinajstić information content (AvgIpc) is 2.72. The number of benzene rings is 1. The maximum Gasteiger partial charge on any atom is 0.417 e. The number of aromatic nitrogens is 1. The van der Waals surface area contributed by atoms with Crippen LogP contribution in [0.5, 0.6) is 5.75 Å². The number of hydrogen-bond donors (Lipinski definition) is 1. The summed E-state index contributed by atoms with van der Waals surface area (Å²) >= 11 is 0. The van der Waals surface area contributed by atoms with Crippen LogP contribution in [0, 0.1) is 19.8 Å². The Labute approximate surface area is 174 Å². The fourth-order valence-electron chi connectivity index (χ4n) is 3.55. The molecule has 1 N–H and O–H groups in total. The molecule has 0 spiro atoms. The van der Waals surface area contributed by atoms with Crippen LogP contribution in [0.25, 0.3) is 0 Å². The van der Waals surface area contributed by atoms with Crippen molar-refractivity contribution in [1.29, 1.82) is 0 Å². The van der Waals surface area contributed by atoms with Gasteiger partial charge in [-0.3, -0.25) is 4.79 Å². The smallest absolute Gasteiger partial charge is 0.417 e. The predicted molar refractivity (Wildman–Crippen MR) is 109 cm³/mol. The topological polar surface area (TPSA) is 54.5 Å². The van der Waals surface area contributed by atoms with E-state index in [1.807, 2.05) is 36.9 Å². The highest BCUT2D eigenvalue weighted by Gasteiger charge is 2.31. The van der Waals surface area contributed by atoms with Gasteiger partial charge in [-0.2, -0.15) is 13.2 Å². The number of anilines is 1. The fourth-order valence-corrected chi connectivity index (χ4v) is 3.55. The zero-order valence-electron chi connectivity index (χ0n) is 17.1. The molecule has 1 aromatic heterocycles. The van der Waals surface area contributed by atoms with E-state index in [9.17, 15) is 18.0 Å². The first-order chi connectivity index (χ1) is 14.2. The zero-order valence-corrected chi connectivity index (χ0v) is 17.1. The lowest BCUT2D eigenvalue weighted by Crippen LogP contribution is -2.41. The maximum absolute atomic E-state index is 12.7. The van der Waals surface area contributed by atoms with Crippen LogP contribution in [0.3, 0.4) is 0 Å². The van der Waals surface area contributed by atoms with E-state index in [2.05, 4.69) is 10.3 Å². The highest BCUT2D eigenvalue weighted by molar-refractivity contribution is 5.78. The summed E-state index contributed by atoms with van der Waals surface area (Å²) in [7, 11) is 0. The molecule has 0 unspecified atom stereocenters. The van der Waals surface area contributed by atoms with Crippen molar-refractivity contribution in [2.75, 3.05) is 31.1 Å². The highest BCUT2D eigenvalue weighted by atomic mass is 19.4. The molecule has 3 rings (SSSR count). The number of amides is 1. The molecule has 1 saturated heterocycles. The van der Waals surface area contributed by atoms with Gasteiger partial charge in [-0.05, 0) is 50.5 Å². The Kier molecular flexibility index (Phi) is 6.84. The van der Waals surface area contributed by atoms with Crippen LogP contribution >= 0.6 is 0 Å². The number of rotatable bonds is 6. The molecular formula is C22H26F3N3O2. The van der Waals surface area contributed by atoms with Crippen molar-refractivity contribution < 1.29 is 22.7 Å². The van der Waals surface area contributed by atoms with Crippen LogP contribution in [0.2, 0.25) is 0 Å². The van der Waals surface area contributed by atoms with Crippen molar-refractivity contribution in [2.24, 2.45) is 5.92 Å². The van der Waals surface area contributed by atoms with Crippen LogP contribution in [0.15, 0.2) is 36.5 Å². The third-order valence-electron chi connectivity index (χ3n) is 5.25. The second kappa shape index (κ2) is 9.36. The van der Waals surface area contributed by atoms with Crippen molar-refractivity contribution >= 4 is 11.7 Å². The number of pyridine rings is 1. The number of carbonyl (C=O) groups excluding carboxylic acids is 1. The summed E-state index contributed by atoms with van der Waals surface area (Å²) < 4.78 is 43.7. The summed E-state index contributed by atoms with van der Waals surface area (Å²) in [5.74, 6) is 1.19. The molecular weight excluding hydrogens is 395 g/mol. The average molecular weight is 421 g/mol. The van der Waals surface area contributed by atoms with Crippen LogP contribution in [-0.4, -0.2) is 37.1 Å². The molecule has 1 aliphatic rings. The van der Waals surface area contributed by atoms with Gasteiger partial charge in [0.05, 0.1) is 12.1 Å². The van der Waals surface area contributed by atoms with Crippen LogP contribution in [0.4, 0.5) is 19.0 Å². The van der Waals surface area contributed by atoms with Crippen molar-refractivity contribution in [1.82, 2.24) is 10.3 Å². The largest absolute Gasteiger partial charge is 0.491 e. The second-order valence-corrected chi connectivity index (χ2v) is 7.57. The lowest BCUT2D eigenvalue weighted by Gasteiger charge is -2.32. The van der Waals surface area contributed by atoms with E-state index in [1.54, 1.807) is 0 Å². The number of hydrogen-bond acceptors (Lipinski definition) is 4. The molecule has 0 saturated carbocycles. The van der Waals surface area contributed by atoms with Crippen molar-refractivity contribution in [3.8, 4) is 5.75 Å². The van der Waals surface area contributed by atoms with E-state index in [0.717, 1.165) is 23.6 Å². The molecule has 1 aliphatic heterocycles. The Hall–Kier alpha value is -2.77. The molecule has 30 heavy (non-hydrogen) atoms. The van der Waals surface area contributed by atoms with Gasteiger partial charge in [0.1, 0.15) is 18.2 Å². The number of nitrogens with one attached hydrogen (secondary N) is 1. The van der Waals surface area contributed by atoms with Gasteiger partial charge >= 0.3 is 6.18 Å². The van der Waals surface area contributed by atoms with Crippen LogP contribution in [0.1, 0.15) is 29.5 Å². The molecule has 0 atom stereocenters. The number of aryl methyl sites for hydroxylation is 2. The van der Waals surface area contributed by atoms with E-state index < -0.39 is 11.7 Å². The Morgan fingerprint density at radius 2 is 1.93 bits per heavy atom. The minimum absolute atomic E-state index is 0.0146. The predicted octanol–water partition coefficient (Wildman–Crippen LogP) is 4.13. The zero-order chi connectivity index (χ0) is 21.7. The van der Waals surface area contributed by atoms with Crippen LogP contribution in [-0.2, 0) is 11.0 Å². The van der Waals surface area contributed by atoms with E-state index in [1.165, 1.54) is 11.6 Å². The summed E-state index contributed by atoms with van der Waals surface area (Å²) in [5, 5.41) is 2.91. The van der Waals surface area contributed by atoms with Gasteiger partial charge < -0.3 is 15.0 Å². The molecule has 162 valence electrons. The van der Waals surface area contributed by atoms with Gasteiger partial charge in [0.2, 0.25) is 5.91 Å². The Bertz CT molecular complexity index is 861. The van der Waals surface area contributed by atoms with Gasteiger partial charge in [-0.25, -0.2) is 4.98 Å². The molecule has 0 aliphatic carbocycles. The molecule has 2 aromatic rings. The normalized spacial score (nSPS) is 15.2. The van der Waals surface area contributed by atoms with Crippen molar-refractivity contribution in [2.45, 2.75) is 32.9 Å². The van der Waals surface area contributed by atoms with Gasteiger partial charge in [-0.1, -0.05) is 17.7 Å². The molecule has 0 radical (unpaired) electrons. The van der Waals surface area contributed by atoms with Crippen molar-refractivity contribution in [3.63, 3.8) is 0 Å². The summed E-state index contributed by atoms with van der Waals surface area (Å²) in [6, 6.07) is 8.38. The number of ether oxygens (including phenoxy) is 1. The van der Waals surface area contributed by atoms with Crippen LogP contribution < -0.4 is 15.0 Å². The molecule has 1 amide bonds. The number of nitrogens with zero attached hydrogens (tertiary/aromatic N) is 2. The number of alkyl halides is 3.